The topological polar surface area (TPSA) is 412 Å². The van der Waals surface area contributed by atoms with E-state index in [-0.39, 0.29) is 89.6 Å². The van der Waals surface area contributed by atoms with Crippen LogP contribution in [-0.2, 0) is 118 Å². The molecule has 12 N–H and O–H groups in total. The van der Waals surface area contributed by atoms with Gasteiger partial charge in [0.1, 0.15) is 67.9 Å². The summed E-state index contributed by atoms with van der Waals surface area (Å²) in [5.41, 5.74) is 4.61. The predicted octanol–water partition coefficient (Wildman–Crippen LogP) is 5.89. The maximum atomic E-state index is 15.2. The van der Waals surface area contributed by atoms with Crippen LogP contribution in [0, 0.1) is 0 Å². The molecule has 10 amide bonds. The van der Waals surface area contributed by atoms with E-state index in [1.165, 1.54) is 30.8 Å². The third-order valence-electron chi connectivity index (χ3n) is 17.2. The zero-order chi connectivity index (χ0) is 80.2. The van der Waals surface area contributed by atoms with Crippen molar-refractivity contribution in [2.75, 3.05) is 38.2 Å². The van der Waals surface area contributed by atoms with Crippen molar-refractivity contribution in [3.8, 4) is 5.75 Å². The average Bonchev–Trinajstić information content (AvgIpc) is 0.840. The van der Waals surface area contributed by atoms with E-state index in [2.05, 4.69) is 53.2 Å². The first-order chi connectivity index (χ1) is 54.2. The van der Waals surface area contributed by atoms with Gasteiger partial charge < -0.3 is 87.1 Å². The van der Waals surface area contributed by atoms with Crippen molar-refractivity contribution in [3.63, 3.8) is 0 Å². The van der Waals surface area contributed by atoms with Crippen molar-refractivity contribution in [3.05, 3.63) is 245 Å². The molecule has 0 aliphatic carbocycles. The Hall–Kier alpha value is -12.2. The number of benzene rings is 7. The van der Waals surface area contributed by atoms with Crippen LogP contribution in [-0.4, -0.2) is 168 Å². The molecule has 8 atom stereocenters. The zero-order valence-corrected chi connectivity index (χ0v) is 63.0. The van der Waals surface area contributed by atoms with Gasteiger partial charge in [0.15, 0.2) is 0 Å². The molecule has 0 fully saturated rings. The lowest BCUT2D eigenvalue weighted by atomic mass is 10.0. The van der Waals surface area contributed by atoms with Gasteiger partial charge in [-0.3, -0.25) is 43.2 Å². The van der Waals surface area contributed by atoms with E-state index < -0.39 is 152 Å². The molecule has 7 aromatic rings. The summed E-state index contributed by atoms with van der Waals surface area (Å²) in [7, 11) is 0. The zero-order valence-electron chi connectivity index (χ0n) is 62.2. The molecule has 0 unspecified atom stereocenters. The third-order valence-corrected chi connectivity index (χ3v) is 17.9. The fourth-order valence-corrected chi connectivity index (χ4v) is 11.5. The highest BCUT2D eigenvalue weighted by Gasteiger charge is 2.37. The highest BCUT2D eigenvalue weighted by Crippen LogP contribution is 2.16. The summed E-state index contributed by atoms with van der Waals surface area (Å²) >= 11 is 1.33. The molecule has 30 heteroatoms. The molecule has 0 bridgehead atoms. The Morgan fingerprint density at radius 1 is 0.384 bits per heavy atom. The van der Waals surface area contributed by atoms with Gasteiger partial charge in [-0.25, -0.2) is 14.4 Å². The smallest absolute Gasteiger partial charge is 0.408 e. The monoisotopic (exact) mass is 1560 g/mol. The van der Waals surface area contributed by atoms with Gasteiger partial charge in [-0.2, -0.15) is 11.8 Å². The van der Waals surface area contributed by atoms with Gasteiger partial charge in [0, 0.05) is 25.8 Å². The van der Waals surface area contributed by atoms with Crippen molar-refractivity contribution in [1.82, 2.24) is 53.2 Å². The van der Waals surface area contributed by atoms with Crippen LogP contribution < -0.4 is 53.2 Å². The highest BCUT2D eigenvalue weighted by atomic mass is 32.2. The first-order valence-electron chi connectivity index (χ1n) is 36.5. The number of hydrogen-bond donors (Lipinski definition) is 12. The molecule has 7 rings (SSSR count). The summed E-state index contributed by atoms with van der Waals surface area (Å²) < 4.78 is 28.4. The Morgan fingerprint density at radius 3 is 1.37 bits per heavy atom. The number of thioether (sulfide) groups is 1. The number of carbonyl (C=O) groups is 12. The molecule has 0 saturated carbocycles. The predicted molar refractivity (Wildman–Crippen MR) is 414 cm³/mol. The number of phenols is 1. The SMILES string of the molecule is CSCC[C@H](NC(=O)[C@H](Cc1ccccc1)NC(=O)CNC(=O)CNC(=O)[C@H](Cc1ccc(O)cc1)NC(=O)OCc1ccccc1)C(=O)N[C@H](C(=O)N[C@@H](COCc1ccccc1)C(=O)N[C@@H](CCC(=O)OCc1ccccc1)C(=O)N[C@@H](CCCCNC(=O)OCc1ccccc1)C(=O)O)[C@@H](C)OCc1ccccc1. The van der Waals surface area contributed by atoms with Crippen LogP contribution in [0.4, 0.5) is 9.59 Å². The number of phenolic OH excluding ortho intramolecular Hbond substituents is 1. The fourth-order valence-electron chi connectivity index (χ4n) is 11.0. The second-order valence-corrected chi connectivity index (χ2v) is 26.9. The summed E-state index contributed by atoms with van der Waals surface area (Å²) in [4.78, 5) is 166. The molecule has 594 valence electrons. The number of nitrogens with one attached hydrogen (secondary N) is 10. The van der Waals surface area contributed by atoms with Crippen LogP contribution in [0.3, 0.4) is 0 Å². The average molecular weight is 1560 g/mol. The normalized spacial score (nSPS) is 13.0. The minimum atomic E-state index is -1.70. The molecule has 0 aliphatic rings. The third kappa shape index (κ3) is 33.0. The summed E-state index contributed by atoms with van der Waals surface area (Å²) in [5, 5.41) is 46.1. The van der Waals surface area contributed by atoms with Gasteiger partial charge in [0.25, 0.3) is 0 Å². The van der Waals surface area contributed by atoms with Crippen LogP contribution in [0.1, 0.15) is 84.4 Å². The van der Waals surface area contributed by atoms with Crippen molar-refractivity contribution < 1.29 is 91.4 Å². The first-order valence-corrected chi connectivity index (χ1v) is 37.9. The highest BCUT2D eigenvalue weighted by molar-refractivity contribution is 7.98. The molecular weight excluding hydrogens is 1460 g/mol. The quantitative estimate of drug-likeness (QED) is 0.0120. The summed E-state index contributed by atoms with van der Waals surface area (Å²) in [6.45, 7) is -0.670. The first kappa shape index (κ1) is 87.1. The molecule has 0 radical (unpaired) electrons. The Kier molecular flexibility index (Phi) is 37.6. The number of amides is 10. The van der Waals surface area contributed by atoms with Gasteiger partial charge in [-0.15, -0.1) is 0 Å². The van der Waals surface area contributed by atoms with E-state index in [4.69, 9.17) is 23.7 Å². The minimum Gasteiger partial charge on any atom is -0.508 e. The molecule has 0 heterocycles. The van der Waals surface area contributed by atoms with Crippen LogP contribution in [0.25, 0.3) is 0 Å². The van der Waals surface area contributed by atoms with Crippen molar-refractivity contribution in [1.29, 1.82) is 0 Å². The minimum absolute atomic E-state index is 0.0290. The van der Waals surface area contributed by atoms with Gasteiger partial charge in [-0.05, 0) is 102 Å². The fraction of sp³-hybridized carbons (Fsp3) is 0.341. The number of hydrogen-bond acceptors (Lipinski definition) is 19. The van der Waals surface area contributed by atoms with Crippen molar-refractivity contribution >= 4 is 83.1 Å². The molecule has 0 aromatic heterocycles. The Bertz CT molecular complexity index is 4130. The number of carboxylic acid groups (broad SMARTS) is 1. The number of unbranched alkanes of at least 4 members (excludes halogenated alkanes) is 1. The van der Waals surface area contributed by atoms with Crippen molar-refractivity contribution in [2.45, 2.75) is 140 Å². The lowest BCUT2D eigenvalue weighted by Crippen LogP contribution is -2.62. The van der Waals surface area contributed by atoms with Gasteiger partial charge in [0.05, 0.1) is 39.0 Å². The molecule has 7 aromatic carbocycles. The number of carbonyl (C=O) groups excluding carboxylic acids is 11. The Labute approximate surface area is 653 Å². The van der Waals surface area contributed by atoms with Gasteiger partial charge >= 0.3 is 24.1 Å². The molecular formula is C82H96N10O19S. The van der Waals surface area contributed by atoms with Crippen LogP contribution in [0.15, 0.2) is 206 Å². The number of aromatic hydroxyl groups is 1. The molecule has 0 spiro atoms. The van der Waals surface area contributed by atoms with Gasteiger partial charge in [-0.1, -0.05) is 194 Å². The van der Waals surface area contributed by atoms with E-state index >= 15 is 4.79 Å². The molecule has 112 heavy (non-hydrogen) atoms. The Morgan fingerprint density at radius 2 is 0.821 bits per heavy atom. The summed E-state index contributed by atoms with van der Waals surface area (Å²) in [5.74, 6) is -9.22. The maximum absolute atomic E-state index is 15.2. The van der Waals surface area contributed by atoms with E-state index in [1.54, 1.807) is 194 Å². The number of aliphatic carboxylic acids is 1. The lowest BCUT2D eigenvalue weighted by Gasteiger charge is -2.30. The molecule has 0 saturated heterocycles. The number of esters is 1. The van der Waals surface area contributed by atoms with E-state index in [0.717, 1.165) is 5.56 Å². The Balaban J connectivity index is 1.06. The largest absolute Gasteiger partial charge is 0.508 e. The maximum Gasteiger partial charge on any atom is 0.408 e. The molecule has 29 nitrogen and oxygen atoms in total. The number of alkyl carbamates (subject to hydrolysis) is 2. The number of carboxylic acids is 1. The standard InChI is InChI=1S/C82H96N10O19S/c1-55(108-50-59-27-13-5-14-28-59)73(92-76(99)65(42-44-112-2)88-77(100)68(45-56-23-9-3-10-24-56)86-71(95)48-84-70(94)47-85-74(97)67(46-57-36-38-63(93)39-37-57)91-82(106)111-53-62-33-19-8-20-34-62)79(102)90-69(54-107-49-58-25-11-4-12-26-58)78(101)87-64(40-41-72(96)109-51-60-29-15-6-16-30-60)75(98)89-66(80(103)104)35-21-22-43-83-81(105)110-52-61-31-17-7-18-32-61/h3-20,23-34,36-39,55,64-69,73,93H,21-22,35,40-54H2,1-2H3,(H,83,105)(H,84,94)(H,85,97)(H,86,95)(H,87,101)(H,88,100)(H,89,98)(H,90,102)(H,91,106)(H,92,99)(H,103,104)/t55-,64+,65+,66+,67+,68+,69+,73+/m1/s1. The number of rotatable bonds is 47. The number of ether oxygens (including phenoxy) is 5. The second kappa shape index (κ2) is 48.4. The van der Waals surface area contributed by atoms with E-state index in [0.29, 0.717) is 33.4 Å². The summed E-state index contributed by atoms with van der Waals surface area (Å²) in [6, 6.07) is 48.1. The molecule has 0 aliphatic heterocycles. The van der Waals surface area contributed by atoms with Crippen molar-refractivity contribution in [2.24, 2.45) is 0 Å². The van der Waals surface area contributed by atoms with Crippen LogP contribution in [0.5, 0.6) is 5.75 Å². The second-order valence-electron chi connectivity index (χ2n) is 26.0. The lowest BCUT2D eigenvalue weighted by molar-refractivity contribution is -0.146. The van der Waals surface area contributed by atoms with Crippen LogP contribution >= 0.6 is 11.8 Å². The van der Waals surface area contributed by atoms with Crippen LogP contribution in [0.2, 0.25) is 0 Å². The summed E-state index contributed by atoms with van der Waals surface area (Å²) in [6.07, 6.45) is -1.83. The van der Waals surface area contributed by atoms with E-state index in [9.17, 15) is 63.0 Å². The van der Waals surface area contributed by atoms with Gasteiger partial charge in [0.2, 0.25) is 47.3 Å². The van der Waals surface area contributed by atoms with E-state index in [1.807, 2.05) is 6.07 Å².